The molecule has 2 N–H and O–H groups in total. The molecule has 0 aliphatic carbocycles. The molecule has 0 aliphatic heterocycles. The maximum absolute atomic E-state index is 12.1. The normalized spacial score (nSPS) is 11.3. The molecule has 2 aromatic rings. The summed E-state index contributed by atoms with van der Waals surface area (Å²) in [6.45, 7) is 6.29. The van der Waals surface area contributed by atoms with Gasteiger partial charge < -0.3 is 5.32 Å². The second-order valence-corrected chi connectivity index (χ2v) is 6.92. The van der Waals surface area contributed by atoms with Gasteiger partial charge in [-0.05, 0) is 20.8 Å². The molecule has 2 rings (SSSR count). The molecule has 0 saturated carbocycles. The molecule has 2 aromatic heterocycles. The third kappa shape index (κ3) is 3.23. The minimum Gasteiger partial charge on any atom is -0.355 e. The fourth-order valence-electron chi connectivity index (χ4n) is 1.39. The van der Waals surface area contributed by atoms with Crippen LogP contribution in [0.4, 0.5) is 11.1 Å². The van der Waals surface area contributed by atoms with Gasteiger partial charge in [0, 0.05) is 11.4 Å². The van der Waals surface area contributed by atoms with Crippen LogP contribution in [0.1, 0.15) is 17.5 Å². The van der Waals surface area contributed by atoms with E-state index in [0.717, 1.165) is 10.6 Å². The number of rotatable bonds is 5. The Hall–Kier alpha value is -1.74. The van der Waals surface area contributed by atoms with Gasteiger partial charge in [0.25, 0.3) is 10.0 Å². The number of thiazole rings is 1. The van der Waals surface area contributed by atoms with E-state index in [4.69, 9.17) is 0 Å². The Labute approximate surface area is 121 Å². The molecule has 20 heavy (non-hydrogen) atoms. The van der Waals surface area contributed by atoms with Crippen molar-refractivity contribution in [2.24, 2.45) is 0 Å². The predicted octanol–water partition coefficient (Wildman–Crippen LogP) is 1.78. The van der Waals surface area contributed by atoms with Crippen LogP contribution >= 0.6 is 11.3 Å². The Morgan fingerprint density at radius 1 is 1.25 bits per heavy atom. The highest BCUT2D eigenvalue weighted by atomic mass is 32.2. The molecule has 7 nitrogen and oxygen atoms in total. The van der Waals surface area contributed by atoms with Gasteiger partial charge in [0.05, 0.1) is 18.1 Å². The minimum absolute atomic E-state index is 0.00431. The Balaban J connectivity index is 2.21. The van der Waals surface area contributed by atoms with E-state index in [1.807, 2.05) is 20.8 Å². The average molecular weight is 313 g/mol. The lowest BCUT2D eigenvalue weighted by Crippen LogP contribution is -2.14. The zero-order valence-electron chi connectivity index (χ0n) is 11.3. The van der Waals surface area contributed by atoms with Gasteiger partial charge in [-0.15, -0.1) is 11.3 Å². The summed E-state index contributed by atoms with van der Waals surface area (Å²) in [4.78, 5) is 13.0. The van der Waals surface area contributed by atoms with Crippen LogP contribution in [0.15, 0.2) is 17.3 Å². The second-order valence-electron chi connectivity index (χ2n) is 4.04. The smallest absolute Gasteiger partial charge is 0.266 e. The highest BCUT2D eigenvalue weighted by Gasteiger charge is 2.17. The lowest BCUT2D eigenvalue weighted by Gasteiger charge is -2.05. The number of nitrogens with zero attached hydrogens (tertiary/aromatic N) is 3. The summed E-state index contributed by atoms with van der Waals surface area (Å²) in [6, 6.07) is 0. The van der Waals surface area contributed by atoms with Gasteiger partial charge in [-0.1, -0.05) is 0 Å². The first-order valence-corrected chi connectivity index (χ1v) is 8.25. The van der Waals surface area contributed by atoms with Gasteiger partial charge in [-0.3, -0.25) is 4.72 Å². The molecule has 9 heteroatoms. The Morgan fingerprint density at radius 3 is 2.40 bits per heavy atom. The lowest BCUT2D eigenvalue weighted by molar-refractivity contribution is 0.600. The summed E-state index contributed by atoms with van der Waals surface area (Å²) in [5.41, 5.74) is 0.812. The quantitative estimate of drug-likeness (QED) is 0.873. The van der Waals surface area contributed by atoms with Crippen molar-refractivity contribution < 1.29 is 8.42 Å². The van der Waals surface area contributed by atoms with E-state index < -0.39 is 10.0 Å². The van der Waals surface area contributed by atoms with Crippen LogP contribution in [0.25, 0.3) is 0 Å². The zero-order chi connectivity index (χ0) is 14.8. The first-order chi connectivity index (χ1) is 9.42. The summed E-state index contributed by atoms with van der Waals surface area (Å²) < 4.78 is 26.7. The second kappa shape index (κ2) is 5.71. The average Bonchev–Trinajstić information content (AvgIpc) is 2.68. The molecule has 0 aromatic carbocycles. The number of sulfonamides is 1. The molecule has 0 radical (unpaired) electrons. The third-order valence-electron chi connectivity index (χ3n) is 2.52. The summed E-state index contributed by atoms with van der Waals surface area (Å²) in [5, 5.41) is 3.24. The van der Waals surface area contributed by atoms with Crippen molar-refractivity contribution in [3.63, 3.8) is 0 Å². The van der Waals surface area contributed by atoms with E-state index >= 15 is 0 Å². The standard InChI is InChI=1S/C11H15N5O2S2/c1-4-12-10-13-5-9(6-14-10)20(17,18)16-11-15-7(2)8(3)19-11/h5-6H,4H2,1-3H3,(H,15,16)(H,12,13,14). The highest BCUT2D eigenvalue weighted by molar-refractivity contribution is 7.93. The molecule has 0 fully saturated rings. The predicted molar refractivity (Wildman–Crippen MR) is 78.6 cm³/mol. The number of hydrogen-bond acceptors (Lipinski definition) is 7. The van der Waals surface area contributed by atoms with Crippen LogP contribution in [0.3, 0.4) is 0 Å². The van der Waals surface area contributed by atoms with Crippen molar-refractivity contribution in [3.8, 4) is 0 Å². The monoisotopic (exact) mass is 313 g/mol. The van der Waals surface area contributed by atoms with Crippen LogP contribution in [0.5, 0.6) is 0 Å². The molecule has 2 heterocycles. The van der Waals surface area contributed by atoms with Gasteiger partial charge in [-0.25, -0.2) is 23.4 Å². The van der Waals surface area contributed by atoms with E-state index in [9.17, 15) is 8.42 Å². The number of nitrogens with one attached hydrogen (secondary N) is 2. The third-order valence-corrected chi connectivity index (χ3v) is 4.93. The molecule has 0 aliphatic rings. The molecule has 0 amide bonds. The van der Waals surface area contributed by atoms with E-state index in [1.54, 1.807) is 0 Å². The topological polar surface area (TPSA) is 96.9 Å². The van der Waals surface area contributed by atoms with Crippen LogP contribution in [0.2, 0.25) is 0 Å². The number of hydrogen-bond donors (Lipinski definition) is 2. The van der Waals surface area contributed by atoms with Gasteiger partial charge in [0.1, 0.15) is 4.90 Å². The summed E-state index contributed by atoms with van der Waals surface area (Å²) in [5.74, 6) is 0.396. The molecule has 0 bridgehead atoms. The lowest BCUT2D eigenvalue weighted by atomic mass is 10.4. The van der Waals surface area contributed by atoms with Crippen molar-refractivity contribution in [1.82, 2.24) is 15.0 Å². The van der Waals surface area contributed by atoms with E-state index in [-0.39, 0.29) is 4.90 Å². The zero-order valence-corrected chi connectivity index (χ0v) is 13.0. The maximum atomic E-state index is 12.1. The minimum atomic E-state index is -3.70. The number of aromatic nitrogens is 3. The SMILES string of the molecule is CCNc1ncc(S(=O)(=O)Nc2nc(C)c(C)s2)cn1. The Morgan fingerprint density at radius 2 is 1.90 bits per heavy atom. The molecule has 0 saturated heterocycles. The van der Waals surface area contributed by atoms with Crippen LogP contribution < -0.4 is 10.0 Å². The molecule has 0 atom stereocenters. The van der Waals surface area contributed by atoms with Crippen molar-refractivity contribution in [2.45, 2.75) is 25.7 Å². The van der Waals surface area contributed by atoms with Crippen molar-refractivity contribution in [3.05, 3.63) is 23.0 Å². The van der Waals surface area contributed by atoms with Crippen molar-refractivity contribution in [2.75, 3.05) is 16.6 Å². The van der Waals surface area contributed by atoms with E-state index in [1.165, 1.54) is 23.7 Å². The first-order valence-electron chi connectivity index (χ1n) is 5.95. The number of aryl methyl sites for hydroxylation is 2. The molecular formula is C11H15N5O2S2. The van der Waals surface area contributed by atoms with Gasteiger partial charge in [0.2, 0.25) is 5.95 Å². The summed E-state index contributed by atoms with van der Waals surface area (Å²) in [7, 11) is -3.70. The Bertz CT molecular complexity index is 675. The summed E-state index contributed by atoms with van der Waals surface area (Å²) in [6.07, 6.45) is 2.53. The Kier molecular flexibility index (Phi) is 4.19. The van der Waals surface area contributed by atoms with Crippen LogP contribution in [-0.4, -0.2) is 29.9 Å². The first kappa shape index (κ1) is 14.7. The van der Waals surface area contributed by atoms with Crippen molar-refractivity contribution in [1.29, 1.82) is 0 Å². The largest absolute Gasteiger partial charge is 0.355 e. The fourth-order valence-corrected chi connectivity index (χ4v) is 3.33. The summed E-state index contributed by atoms with van der Waals surface area (Å²) >= 11 is 1.29. The fraction of sp³-hybridized carbons (Fsp3) is 0.364. The molecular weight excluding hydrogens is 298 g/mol. The molecule has 0 spiro atoms. The molecule has 108 valence electrons. The van der Waals surface area contributed by atoms with Crippen molar-refractivity contribution >= 4 is 32.4 Å². The maximum Gasteiger partial charge on any atom is 0.266 e. The highest BCUT2D eigenvalue weighted by Crippen LogP contribution is 2.23. The van der Waals surface area contributed by atoms with E-state index in [2.05, 4.69) is 25.0 Å². The number of anilines is 2. The van der Waals surface area contributed by atoms with Gasteiger partial charge in [0.15, 0.2) is 5.13 Å². The molecule has 0 unspecified atom stereocenters. The van der Waals surface area contributed by atoms with Crippen LogP contribution in [-0.2, 0) is 10.0 Å². The van der Waals surface area contributed by atoms with Crippen LogP contribution in [0, 0.1) is 13.8 Å². The van der Waals surface area contributed by atoms with Gasteiger partial charge >= 0.3 is 0 Å². The van der Waals surface area contributed by atoms with E-state index in [0.29, 0.717) is 17.6 Å². The van der Waals surface area contributed by atoms with Gasteiger partial charge in [-0.2, -0.15) is 0 Å².